The third-order valence-electron chi connectivity index (χ3n) is 4.16. The zero-order chi connectivity index (χ0) is 25.6. The van der Waals surface area contributed by atoms with E-state index in [1.807, 2.05) is 73.2 Å². The molecule has 1 spiro atoms. The summed E-state index contributed by atoms with van der Waals surface area (Å²) in [6, 6.07) is 17.8. The topological polar surface area (TPSA) is 39.3 Å². The summed E-state index contributed by atoms with van der Waals surface area (Å²) < 4.78 is 34.0. The van der Waals surface area contributed by atoms with E-state index in [2.05, 4.69) is 0 Å². The van der Waals surface area contributed by atoms with Crippen molar-refractivity contribution in [3.63, 3.8) is 0 Å². The molecule has 6 heterocycles. The Hall–Kier alpha value is 0.147. The first kappa shape index (κ1) is 25.8. The van der Waals surface area contributed by atoms with Gasteiger partial charge in [0.25, 0.3) is 0 Å². The Morgan fingerprint density at radius 2 is 0.882 bits per heavy atom. The molecule has 3 aliphatic rings. The standard InChI is InChI=1S/C15H12N3O3S3Si.2CHCl3.ClH/c1-4-10-16-13(7-1)22-25(19-16,20-17-11-5-2-8-14(17)23-25)21-18-12-6-3-9-15(18)24-25;2*2-1(3)4;/h1-12H;2*1H;1H/q+1;;;/p-1/i;2*1D;. The third kappa shape index (κ3) is 5.52. The molecule has 0 saturated carbocycles. The Kier molecular flexibility index (Phi) is 7.95. The van der Waals surface area contributed by atoms with Gasteiger partial charge in [0.05, 0.1) is 2.74 Å². The van der Waals surface area contributed by atoms with Crippen LogP contribution in [0.4, 0.5) is 0 Å². The van der Waals surface area contributed by atoms with Crippen LogP contribution in [0.5, 0.6) is 0 Å². The number of halogens is 7. The quantitative estimate of drug-likeness (QED) is 0.205. The second kappa shape index (κ2) is 10.5. The average molecular weight is 683 g/mol. The Morgan fingerprint density at radius 1 is 0.618 bits per heavy atom. The van der Waals surface area contributed by atoms with Crippen LogP contribution in [0, 0.1) is 0 Å². The summed E-state index contributed by atoms with van der Waals surface area (Å²) in [5, 5.41) is 2.86. The Morgan fingerprint density at radius 3 is 1.12 bits per heavy atom. The molecule has 186 valence electrons. The fraction of sp³-hybridized carbons (Fsp3) is 0.118. The summed E-state index contributed by atoms with van der Waals surface area (Å²) in [6.45, 7) is 0. The molecule has 0 N–H and O–H groups in total. The number of rotatable bonds is 0. The van der Waals surface area contributed by atoms with Gasteiger partial charge in [-0.15, -0.1) is 0 Å². The molecule has 0 aromatic carbocycles. The molecule has 3 aromatic heterocycles. The molecular weight excluding hydrogens is 667 g/mol. The van der Waals surface area contributed by atoms with Crippen molar-refractivity contribution in [2.45, 2.75) is 23.6 Å². The van der Waals surface area contributed by atoms with Crippen LogP contribution < -0.4 is 40.2 Å². The van der Waals surface area contributed by atoms with Crippen LogP contribution in [0.3, 0.4) is 0 Å². The average Bonchev–Trinajstić information content (AvgIpc) is 3.28. The van der Waals surface area contributed by atoms with Gasteiger partial charge in [0, 0.05) is 0 Å². The van der Waals surface area contributed by atoms with Gasteiger partial charge in [-0.3, -0.25) is 0 Å². The molecule has 0 fully saturated rings. The second-order valence-corrected chi connectivity index (χ2v) is 27.0. The first-order valence-electron chi connectivity index (χ1n) is 9.83. The van der Waals surface area contributed by atoms with Gasteiger partial charge < -0.3 is 12.4 Å². The van der Waals surface area contributed by atoms with Crippen LogP contribution in [-0.4, -0.2) is 13.4 Å². The SMILES string of the molecule is [2H]C(Cl)(Cl)Cl.[2H]C(Cl)(Cl)Cl.[Cl-].c1cc[n+]2c(c1)S[Si-2]13(O2)(O[n+]2ccccc2S1)O[n+]1ccccc1S3. The van der Waals surface area contributed by atoms with Crippen molar-refractivity contribution >= 4 is 108 Å². The molecular formula is C17H14Cl7N3O3S3Si. The van der Waals surface area contributed by atoms with Gasteiger partial charge in [-0.1, -0.05) is 69.6 Å². The Labute approximate surface area is 245 Å². The molecule has 17 heteroatoms. The van der Waals surface area contributed by atoms with Crippen molar-refractivity contribution in [1.29, 1.82) is 0 Å². The van der Waals surface area contributed by atoms with E-state index < -0.39 is 13.4 Å². The zero-order valence-electron chi connectivity index (χ0n) is 18.4. The normalized spacial score (nSPS) is 21.6. The van der Waals surface area contributed by atoms with Crippen LogP contribution in [0.2, 0.25) is 0 Å². The fourth-order valence-electron chi connectivity index (χ4n) is 3.22. The molecule has 0 amide bonds. The molecule has 0 saturated heterocycles. The van der Waals surface area contributed by atoms with Crippen molar-refractivity contribution in [1.82, 2.24) is 0 Å². The molecule has 0 aliphatic carbocycles. The number of hydrogen-bond acceptors (Lipinski definition) is 6. The molecule has 0 atom stereocenters. The number of pyridine rings is 3. The van der Waals surface area contributed by atoms with E-state index >= 15 is 0 Å². The molecule has 6 nitrogen and oxygen atoms in total. The molecule has 6 rings (SSSR count). The van der Waals surface area contributed by atoms with Crippen LogP contribution >= 0.6 is 103 Å². The Balaban J connectivity index is 0.000000284. The minimum absolute atomic E-state index is 0. The summed E-state index contributed by atoms with van der Waals surface area (Å²) in [7, 11) is 0. The van der Waals surface area contributed by atoms with Crippen LogP contribution in [0.25, 0.3) is 0 Å². The van der Waals surface area contributed by atoms with Gasteiger partial charge in [-0.2, -0.15) is 0 Å². The van der Waals surface area contributed by atoms with Gasteiger partial charge in [-0.25, -0.2) is 0 Å². The summed E-state index contributed by atoms with van der Waals surface area (Å²) in [4.78, 5) is -4.70. The number of fused-ring (bicyclic) bond motifs is 3. The van der Waals surface area contributed by atoms with Gasteiger partial charge >= 0.3 is 154 Å². The maximum atomic E-state index is 6.63. The number of hydrogen-bond donors (Lipinski definition) is 0. The summed E-state index contributed by atoms with van der Waals surface area (Å²) in [6.07, 6.45) is 5.67. The molecule has 0 radical (unpaired) electrons. The molecule has 0 unspecified atom stereocenters. The monoisotopic (exact) mass is 679 g/mol. The third-order valence-corrected chi connectivity index (χ3v) is 20.8. The van der Waals surface area contributed by atoms with E-state index in [1.165, 1.54) is 0 Å². The summed E-state index contributed by atoms with van der Waals surface area (Å²) >= 11 is 33.0. The molecule has 3 aliphatic heterocycles. The van der Waals surface area contributed by atoms with Crippen molar-refractivity contribution in [3.8, 4) is 0 Å². The molecule has 0 bridgehead atoms. The van der Waals surface area contributed by atoms with Crippen LogP contribution in [0.1, 0.15) is 2.74 Å². The van der Waals surface area contributed by atoms with E-state index in [1.54, 1.807) is 47.8 Å². The summed E-state index contributed by atoms with van der Waals surface area (Å²) in [5.74, 6) is 0. The minimum atomic E-state index is -4.70. The van der Waals surface area contributed by atoms with E-state index in [-0.39, 0.29) is 12.4 Å². The van der Waals surface area contributed by atoms with Crippen molar-refractivity contribution < 1.29 is 42.9 Å². The van der Waals surface area contributed by atoms with Gasteiger partial charge in [0.15, 0.2) is 8.54 Å². The van der Waals surface area contributed by atoms with Crippen molar-refractivity contribution in [2.75, 3.05) is 0 Å². The number of nitrogens with zero attached hydrogens (tertiary/aromatic N) is 3. The van der Waals surface area contributed by atoms with Gasteiger partial charge in [-0.05, 0) is 0 Å². The van der Waals surface area contributed by atoms with Crippen LogP contribution in [-0.2, 0) is 0 Å². The molecule has 3 aromatic rings. The van der Waals surface area contributed by atoms with Gasteiger partial charge in [0.1, 0.15) is 0 Å². The van der Waals surface area contributed by atoms with Crippen molar-refractivity contribution in [2.24, 2.45) is 0 Å². The van der Waals surface area contributed by atoms with E-state index in [0.29, 0.717) is 0 Å². The van der Waals surface area contributed by atoms with E-state index in [0.717, 1.165) is 15.1 Å². The number of aromatic nitrogens is 3. The fourth-order valence-corrected chi connectivity index (χ4v) is 22.5. The molecule has 34 heavy (non-hydrogen) atoms. The predicted octanol–water partition coefficient (Wildman–Crippen LogP) is 1.87. The maximum absolute atomic E-state index is 6.63. The van der Waals surface area contributed by atoms with Crippen LogP contribution in [0.15, 0.2) is 88.3 Å². The predicted molar refractivity (Wildman–Crippen MR) is 136 cm³/mol. The summed E-state index contributed by atoms with van der Waals surface area (Å²) in [5.41, 5.74) is 0. The first-order chi connectivity index (χ1) is 16.1. The van der Waals surface area contributed by atoms with Gasteiger partial charge in [0.2, 0.25) is 0 Å². The van der Waals surface area contributed by atoms with E-state index in [4.69, 9.17) is 85.9 Å². The zero-order valence-corrected chi connectivity index (χ0v) is 25.1. The van der Waals surface area contributed by atoms with E-state index in [9.17, 15) is 0 Å². The first-order valence-corrected chi connectivity index (χ1v) is 18.4. The van der Waals surface area contributed by atoms with Crippen molar-refractivity contribution in [3.05, 3.63) is 73.2 Å². The number of alkyl halides is 6. The Bertz CT molecular complexity index is 1050. The second-order valence-electron chi connectivity index (χ2n) is 6.35.